The molecule has 0 atom stereocenters. The standard InChI is InChI=1S/C21H28N4O3S/c1-4-25(5-2)29(27,28)18-10-8-16(3)19(14-18)21(26)23-17-9-11-20(22-15-17)24-12-6-7-13-24/h8-11,14-15H,4-7,12-13H2,1-3H3,(H,23,26). The summed E-state index contributed by atoms with van der Waals surface area (Å²) < 4.78 is 26.9. The molecule has 0 radical (unpaired) electrons. The van der Waals surface area contributed by atoms with Gasteiger partial charge in [0.05, 0.1) is 16.8 Å². The van der Waals surface area contributed by atoms with Crippen molar-refractivity contribution in [1.82, 2.24) is 9.29 Å². The maximum atomic E-state index is 12.8. The van der Waals surface area contributed by atoms with Crippen molar-refractivity contribution in [2.45, 2.75) is 38.5 Å². The highest BCUT2D eigenvalue weighted by Crippen LogP contribution is 2.22. The molecule has 1 amide bonds. The molecule has 7 nitrogen and oxygen atoms in total. The Morgan fingerprint density at radius 3 is 2.41 bits per heavy atom. The Bertz CT molecular complexity index is 964. The lowest BCUT2D eigenvalue weighted by molar-refractivity contribution is 0.102. The highest BCUT2D eigenvalue weighted by Gasteiger charge is 2.23. The van der Waals surface area contributed by atoms with Crippen LogP contribution < -0.4 is 10.2 Å². The smallest absolute Gasteiger partial charge is 0.256 e. The zero-order valence-corrected chi connectivity index (χ0v) is 18.0. The zero-order chi connectivity index (χ0) is 21.0. The van der Waals surface area contributed by atoms with Gasteiger partial charge in [-0.25, -0.2) is 13.4 Å². The number of nitrogens with zero attached hydrogens (tertiary/aromatic N) is 3. The van der Waals surface area contributed by atoms with Crippen LogP contribution in [0.3, 0.4) is 0 Å². The predicted octanol–water partition coefficient (Wildman–Crippen LogP) is 3.27. The predicted molar refractivity (Wildman–Crippen MR) is 115 cm³/mol. The van der Waals surface area contributed by atoms with Gasteiger partial charge in [-0.2, -0.15) is 4.31 Å². The molecule has 1 aliphatic rings. The van der Waals surface area contributed by atoms with Crippen molar-refractivity contribution in [2.24, 2.45) is 0 Å². The number of anilines is 2. The van der Waals surface area contributed by atoms with E-state index < -0.39 is 10.0 Å². The molecule has 0 saturated carbocycles. The molecule has 0 bridgehead atoms. The van der Waals surface area contributed by atoms with Gasteiger partial charge in [-0.3, -0.25) is 4.79 Å². The number of aromatic nitrogens is 1. The Kier molecular flexibility index (Phi) is 6.54. The fraction of sp³-hybridized carbons (Fsp3) is 0.429. The van der Waals surface area contributed by atoms with E-state index in [2.05, 4.69) is 15.2 Å². The highest BCUT2D eigenvalue weighted by atomic mass is 32.2. The van der Waals surface area contributed by atoms with Crippen LogP contribution in [0.2, 0.25) is 0 Å². The molecular weight excluding hydrogens is 388 g/mol. The minimum atomic E-state index is -3.63. The van der Waals surface area contributed by atoms with E-state index in [1.54, 1.807) is 39.1 Å². The summed E-state index contributed by atoms with van der Waals surface area (Å²) in [4.78, 5) is 19.6. The van der Waals surface area contributed by atoms with Gasteiger partial charge in [-0.15, -0.1) is 0 Å². The van der Waals surface area contributed by atoms with E-state index in [1.807, 2.05) is 12.1 Å². The molecule has 0 aliphatic carbocycles. The average Bonchev–Trinajstić information content (AvgIpc) is 3.24. The third kappa shape index (κ3) is 4.59. The molecule has 29 heavy (non-hydrogen) atoms. The SMILES string of the molecule is CCN(CC)S(=O)(=O)c1ccc(C)c(C(=O)Nc2ccc(N3CCCC3)nc2)c1. The number of sulfonamides is 1. The molecule has 2 heterocycles. The molecule has 8 heteroatoms. The Hall–Kier alpha value is -2.45. The molecule has 1 fully saturated rings. The van der Waals surface area contributed by atoms with E-state index in [-0.39, 0.29) is 10.8 Å². The first-order chi connectivity index (χ1) is 13.9. The first-order valence-electron chi connectivity index (χ1n) is 10.00. The van der Waals surface area contributed by atoms with E-state index in [1.165, 1.54) is 23.2 Å². The summed E-state index contributed by atoms with van der Waals surface area (Å²) in [6.45, 7) is 8.14. The van der Waals surface area contributed by atoms with Crippen LogP contribution in [-0.4, -0.2) is 49.8 Å². The molecule has 1 saturated heterocycles. The van der Waals surface area contributed by atoms with Crippen LogP contribution in [0, 0.1) is 6.92 Å². The van der Waals surface area contributed by atoms with Gasteiger partial charge in [0.15, 0.2) is 0 Å². The van der Waals surface area contributed by atoms with Gasteiger partial charge in [0.25, 0.3) is 5.91 Å². The number of rotatable bonds is 7. The number of benzene rings is 1. The van der Waals surface area contributed by atoms with E-state index in [0.29, 0.717) is 29.9 Å². The summed E-state index contributed by atoms with van der Waals surface area (Å²) >= 11 is 0. The van der Waals surface area contributed by atoms with Crippen LogP contribution >= 0.6 is 0 Å². The zero-order valence-electron chi connectivity index (χ0n) is 17.2. The summed E-state index contributed by atoms with van der Waals surface area (Å²) in [6.07, 6.45) is 3.98. The van der Waals surface area contributed by atoms with Gasteiger partial charge in [-0.1, -0.05) is 19.9 Å². The van der Waals surface area contributed by atoms with Gasteiger partial charge >= 0.3 is 0 Å². The van der Waals surface area contributed by atoms with Crippen molar-refractivity contribution in [3.63, 3.8) is 0 Å². The second kappa shape index (κ2) is 8.92. The number of pyridine rings is 1. The lowest BCUT2D eigenvalue weighted by atomic mass is 10.1. The van der Waals surface area contributed by atoms with Crippen LogP contribution in [-0.2, 0) is 10.0 Å². The second-order valence-corrected chi connectivity index (χ2v) is 9.06. The largest absolute Gasteiger partial charge is 0.357 e. The van der Waals surface area contributed by atoms with Gasteiger partial charge in [-0.05, 0) is 49.6 Å². The minimum Gasteiger partial charge on any atom is -0.357 e. The number of aryl methyl sites for hydroxylation is 1. The monoisotopic (exact) mass is 416 g/mol. The third-order valence-electron chi connectivity index (χ3n) is 5.23. The van der Waals surface area contributed by atoms with E-state index in [4.69, 9.17) is 0 Å². The first-order valence-corrected chi connectivity index (χ1v) is 11.4. The van der Waals surface area contributed by atoms with Crippen molar-refractivity contribution in [3.05, 3.63) is 47.7 Å². The van der Waals surface area contributed by atoms with E-state index in [9.17, 15) is 13.2 Å². The summed E-state index contributed by atoms with van der Waals surface area (Å²) in [6, 6.07) is 8.38. The Balaban J connectivity index is 1.80. The molecule has 1 aromatic carbocycles. The van der Waals surface area contributed by atoms with Crippen molar-refractivity contribution in [1.29, 1.82) is 0 Å². The fourth-order valence-electron chi connectivity index (χ4n) is 3.51. The molecule has 0 spiro atoms. The number of carbonyl (C=O) groups excluding carboxylic acids is 1. The van der Waals surface area contributed by atoms with Crippen LogP contribution in [0.4, 0.5) is 11.5 Å². The lowest BCUT2D eigenvalue weighted by Crippen LogP contribution is -2.30. The van der Waals surface area contributed by atoms with Gasteiger partial charge in [0.1, 0.15) is 5.82 Å². The molecule has 2 aromatic rings. The highest BCUT2D eigenvalue weighted by molar-refractivity contribution is 7.89. The second-order valence-electron chi connectivity index (χ2n) is 7.12. The first kappa shape index (κ1) is 21.3. The normalized spacial score (nSPS) is 14.4. The summed E-state index contributed by atoms with van der Waals surface area (Å²) in [5.74, 6) is 0.554. The maximum Gasteiger partial charge on any atom is 0.256 e. The maximum absolute atomic E-state index is 12.8. The number of amides is 1. The van der Waals surface area contributed by atoms with Crippen molar-refractivity contribution >= 4 is 27.4 Å². The van der Waals surface area contributed by atoms with Gasteiger partial charge < -0.3 is 10.2 Å². The Labute approximate surface area is 172 Å². The topological polar surface area (TPSA) is 82.6 Å². The summed E-state index contributed by atoms with van der Waals surface area (Å²) in [5.41, 5.74) is 1.62. The Morgan fingerprint density at radius 1 is 1.14 bits per heavy atom. The molecule has 1 aliphatic heterocycles. The van der Waals surface area contributed by atoms with Crippen molar-refractivity contribution in [3.8, 4) is 0 Å². The fourth-order valence-corrected chi connectivity index (χ4v) is 5.00. The number of carbonyl (C=O) groups is 1. The van der Waals surface area contributed by atoms with Crippen LogP contribution in [0.15, 0.2) is 41.4 Å². The van der Waals surface area contributed by atoms with Gasteiger partial charge in [0, 0.05) is 31.7 Å². The number of hydrogen-bond acceptors (Lipinski definition) is 5. The van der Waals surface area contributed by atoms with Crippen LogP contribution in [0.25, 0.3) is 0 Å². The van der Waals surface area contributed by atoms with Crippen LogP contribution in [0.5, 0.6) is 0 Å². The van der Waals surface area contributed by atoms with Gasteiger partial charge in [0.2, 0.25) is 10.0 Å². The molecule has 1 N–H and O–H groups in total. The molecule has 156 valence electrons. The quantitative estimate of drug-likeness (QED) is 0.749. The van der Waals surface area contributed by atoms with Crippen molar-refractivity contribution in [2.75, 3.05) is 36.4 Å². The van der Waals surface area contributed by atoms with E-state index >= 15 is 0 Å². The minimum absolute atomic E-state index is 0.124. The van der Waals surface area contributed by atoms with E-state index in [0.717, 1.165) is 18.9 Å². The lowest BCUT2D eigenvalue weighted by Gasteiger charge is -2.19. The molecular formula is C21H28N4O3S. The Morgan fingerprint density at radius 2 is 1.83 bits per heavy atom. The number of nitrogens with one attached hydrogen (secondary N) is 1. The summed E-state index contributed by atoms with van der Waals surface area (Å²) in [7, 11) is -3.63. The van der Waals surface area contributed by atoms with Crippen LogP contribution in [0.1, 0.15) is 42.6 Å². The molecule has 1 aromatic heterocycles. The third-order valence-corrected chi connectivity index (χ3v) is 7.28. The number of hydrogen-bond donors (Lipinski definition) is 1. The van der Waals surface area contributed by atoms with Crippen molar-refractivity contribution < 1.29 is 13.2 Å². The average molecular weight is 417 g/mol. The molecule has 3 rings (SSSR count). The summed E-state index contributed by atoms with van der Waals surface area (Å²) in [5, 5.41) is 2.82. The molecule has 0 unspecified atom stereocenters.